The Balaban J connectivity index is 2.63. The summed E-state index contributed by atoms with van der Waals surface area (Å²) in [5, 5.41) is 8.76. The highest BCUT2D eigenvalue weighted by atomic mass is 16.3. The Morgan fingerprint density at radius 2 is 2.12 bits per heavy atom. The van der Waals surface area contributed by atoms with Crippen LogP contribution in [0.2, 0.25) is 0 Å². The maximum atomic E-state index is 12.0. The van der Waals surface area contributed by atoms with E-state index in [0.717, 1.165) is 25.7 Å². The molecule has 5 heteroatoms. The first-order chi connectivity index (χ1) is 8.11. The van der Waals surface area contributed by atoms with Crippen LogP contribution in [0.3, 0.4) is 0 Å². The van der Waals surface area contributed by atoms with Crippen molar-refractivity contribution < 1.29 is 14.7 Å². The average Bonchev–Trinajstić information content (AvgIpc) is 2.37. The molecular formula is C12H22N2O3. The molecule has 0 aromatic carbocycles. The summed E-state index contributed by atoms with van der Waals surface area (Å²) < 4.78 is 0. The fourth-order valence-corrected chi connectivity index (χ4v) is 2.23. The van der Waals surface area contributed by atoms with Crippen molar-refractivity contribution >= 4 is 11.8 Å². The van der Waals surface area contributed by atoms with Crippen molar-refractivity contribution in [2.24, 2.45) is 0 Å². The molecule has 0 bridgehead atoms. The normalized spacial score (nSPS) is 20.2. The summed E-state index contributed by atoms with van der Waals surface area (Å²) >= 11 is 0. The maximum Gasteiger partial charge on any atom is 0.312 e. The van der Waals surface area contributed by atoms with Crippen molar-refractivity contribution in [1.29, 1.82) is 0 Å². The van der Waals surface area contributed by atoms with Crippen molar-refractivity contribution in [1.82, 2.24) is 9.80 Å². The fraction of sp³-hybridized carbons (Fsp3) is 0.833. The van der Waals surface area contributed by atoms with Gasteiger partial charge in [-0.1, -0.05) is 6.92 Å². The highest BCUT2D eigenvalue weighted by Crippen LogP contribution is 2.19. The molecule has 2 amide bonds. The minimum Gasteiger partial charge on any atom is -0.395 e. The SMILES string of the molecule is CCC1CCCCN1C(=O)C(=O)N(C)CCO. The van der Waals surface area contributed by atoms with Crippen LogP contribution in [0.1, 0.15) is 32.6 Å². The van der Waals surface area contributed by atoms with E-state index in [1.165, 1.54) is 4.90 Å². The van der Waals surface area contributed by atoms with Gasteiger partial charge in [0.05, 0.1) is 6.61 Å². The molecule has 0 aromatic rings. The topological polar surface area (TPSA) is 60.9 Å². The molecule has 1 rings (SSSR count). The van der Waals surface area contributed by atoms with Gasteiger partial charge >= 0.3 is 11.8 Å². The van der Waals surface area contributed by atoms with Crippen LogP contribution in [0.15, 0.2) is 0 Å². The second kappa shape index (κ2) is 6.59. The molecule has 1 N–H and O–H groups in total. The van der Waals surface area contributed by atoms with Crippen molar-refractivity contribution in [3.8, 4) is 0 Å². The summed E-state index contributed by atoms with van der Waals surface area (Å²) in [7, 11) is 1.54. The van der Waals surface area contributed by atoms with Gasteiger partial charge in [0.2, 0.25) is 0 Å². The number of aliphatic hydroxyl groups is 1. The molecule has 1 aliphatic heterocycles. The van der Waals surface area contributed by atoms with E-state index in [2.05, 4.69) is 0 Å². The van der Waals surface area contributed by atoms with Gasteiger partial charge in [0.1, 0.15) is 0 Å². The average molecular weight is 242 g/mol. The number of carbonyl (C=O) groups excluding carboxylic acids is 2. The number of amides is 2. The van der Waals surface area contributed by atoms with Crippen molar-refractivity contribution in [2.75, 3.05) is 26.7 Å². The van der Waals surface area contributed by atoms with E-state index in [4.69, 9.17) is 5.11 Å². The van der Waals surface area contributed by atoms with Gasteiger partial charge < -0.3 is 14.9 Å². The Labute approximate surface area is 102 Å². The smallest absolute Gasteiger partial charge is 0.312 e. The lowest BCUT2D eigenvalue weighted by molar-refractivity contribution is -0.153. The fourth-order valence-electron chi connectivity index (χ4n) is 2.23. The number of piperidine rings is 1. The molecule has 1 fully saturated rings. The Hall–Kier alpha value is -1.10. The summed E-state index contributed by atoms with van der Waals surface area (Å²) in [5.74, 6) is -0.938. The van der Waals surface area contributed by atoms with Crippen molar-refractivity contribution in [3.63, 3.8) is 0 Å². The number of aliphatic hydroxyl groups excluding tert-OH is 1. The minimum atomic E-state index is -0.514. The zero-order valence-corrected chi connectivity index (χ0v) is 10.7. The quantitative estimate of drug-likeness (QED) is 0.721. The Kier molecular flexibility index (Phi) is 5.41. The number of carbonyl (C=O) groups is 2. The van der Waals surface area contributed by atoms with Crippen LogP contribution in [-0.4, -0.2) is 59.5 Å². The van der Waals surface area contributed by atoms with E-state index < -0.39 is 11.8 Å². The molecule has 17 heavy (non-hydrogen) atoms. The number of likely N-dealkylation sites (tertiary alicyclic amines) is 1. The number of hydrogen-bond acceptors (Lipinski definition) is 3. The molecular weight excluding hydrogens is 220 g/mol. The van der Waals surface area contributed by atoms with Gasteiger partial charge in [-0.3, -0.25) is 9.59 Å². The van der Waals surface area contributed by atoms with Crippen molar-refractivity contribution in [3.05, 3.63) is 0 Å². The van der Waals surface area contributed by atoms with Gasteiger partial charge in [-0.25, -0.2) is 0 Å². The molecule has 1 unspecified atom stereocenters. The van der Waals surface area contributed by atoms with Crippen LogP contribution in [0.4, 0.5) is 0 Å². The zero-order valence-electron chi connectivity index (χ0n) is 10.7. The largest absolute Gasteiger partial charge is 0.395 e. The van der Waals surface area contributed by atoms with E-state index in [1.54, 1.807) is 11.9 Å². The van der Waals surface area contributed by atoms with Crippen molar-refractivity contribution in [2.45, 2.75) is 38.6 Å². The van der Waals surface area contributed by atoms with E-state index in [1.807, 2.05) is 6.92 Å². The molecule has 5 nitrogen and oxygen atoms in total. The summed E-state index contributed by atoms with van der Waals surface area (Å²) in [6.45, 7) is 2.80. The number of nitrogens with zero attached hydrogens (tertiary/aromatic N) is 2. The first-order valence-electron chi connectivity index (χ1n) is 6.28. The number of hydrogen-bond donors (Lipinski definition) is 1. The van der Waals surface area contributed by atoms with E-state index >= 15 is 0 Å². The van der Waals surface area contributed by atoms with Gasteiger partial charge in [0, 0.05) is 26.2 Å². The van der Waals surface area contributed by atoms with E-state index in [-0.39, 0.29) is 19.2 Å². The lowest BCUT2D eigenvalue weighted by Crippen LogP contribution is -2.50. The molecule has 1 heterocycles. The summed E-state index contributed by atoms with van der Waals surface area (Å²) in [6.07, 6.45) is 3.98. The Morgan fingerprint density at radius 3 is 2.71 bits per heavy atom. The van der Waals surface area contributed by atoms with Crippen LogP contribution >= 0.6 is 0 Å². The van der Waals surface area contributed by atoms with Gasteiger partial charge in [0.15, 0.2) is 0 Å². The van der Waals surface area contributed by atoms with E-state index in [9.17, 15) is 9.59 Å². The van der Waals surface area contributed by atoms with E-state index in [0.29, 0.717) is 6.54 Å². The second-order valence-corrected chi connectivity index (χ2v) is 4.51. The third-order valence-corrected chi connectivity index (χ3v) is 3.32. The van der Waals surface area contributed by atoms with Crippen LogP contribution in [0.5, 0.6) is 0 Å². The predicted octanol–water partition coefficient (Wildman–Crippen LogP) is 0.228. The maximum absolute atomic E-state index is 12.0. The third-order valence-electron chi connectivity index (χ3n) is 3.32. The molecule has 1 atom stereocenters. The van der Waals surface area contributed by atoms with Gasteiger partial charge in [0.25, 0.3) is 0 Å². The van der Waals surface area contributed by atoms with Crippen LogP contribution in [0, 0.1) is 0 Å². The van der Waals surface area contributed by atoms with Crippen LogP contribution < -0.4 is 0 Å². The predicted molar refractivity (Wildman–Crippen MR) is 64.4 cm³/mol. The minimum absolute atomic E-state index is 0.118. The van der Waals surface area contributed by atoms with Gasteiger partial charge in [-0.05, 0) is 25.7 Å². The zero-order chi connectivity index (χ0) is 12.8. The first-order valence-corrected chi connectivity index (χ1v) is 6.28. The summed E-state index contributed by atoms with van der Waals surface area (Å²) in [4.78, 5) is 26.8. The highest BCUT2D eigenvalue weighted by molar-refractivity contribution is 6.34. The first kappa shape index (κ1) is 14.0. The Morgan fingerprint density at radius 1 is 1.41 bits per heavy atom. The lowest BCUT2D eigenvalue weighted by Gasteiger charge is -2.35. The molecule has 1 saturated heterocycles. The molecule has 0 radical (unpaired) electrons. The molecule has 0 spiro atoms. The molecule has 0 saturated carbocycles. The van der Waals surface area contributed by atoms with Gasteiger partial charge in [-0.2, -0.15) is 0 Å². The number of rotatable bonds is 3. The summed E-state index contributed by atoms with van der Waals surface area (Å²) in [6, 6.07) is 0.197. The van der Waals surface area contributed by atoms with Crippen LogP contribution in [0.25, 0.3) is 0 Å². The molecule has 0 aromatic heterocycles. The Bertz CT molecular complexity index is 281. The lowest BCUT2D eigenvalue weighted by atomic mass is 10.00. The highest BCUT2D eigenvalue weighted by Gasteiger charge is 2.31. The van der Waals surface area contributed by atoms with Crippen LogP contribution in [-0.2, 0) is 9.59 Å². The second-order valence-electron chi connectivity index (χ2n) is 4.51. The monoisotopic (exact) mass is 242 g/mol. The molecule has 1 aliphatic rings. The molecule has 0 aliphatic carbocycles. The number of likely N-dealkylation sites (N-methyl/N-ethyl adjacent to an activating group) is 1. The standard InChI is InChI=1S/C12H22N2O3/c1-3-10-6-4-5-7-14(10)12(17)11(16)13(2)8-9-15/h10,15H,3-9H2,1-2H3. The molecule has 98 valence electrons. The van der Waals surface area contributed by atoms with Gasteiger partial charge in [-0.15, -0.1) is 0 Å². The summed E-state index contributed by atoms with van der Waals surface area (Å²) in [5.41, 5.74) is 0. The third kappa shape index (κ3) is 3.43.